The Kier molecular flexibility index (Phi) is 4.74. The van der Waals surface area contributed by atoms with Crippen molar-refractivity contribution >= 4 is 26.2 Å². The fraction of sp³-hybridized carbons (Fsp3) is 0.500. The van der Waals surface area contributed by atoms with Crippen LogP contribution in [0.2, 0.25) is 0 Å². The summed E-state index contributed by atoms with van der Waals surface area (Å²) in [7, 11) is -7.93. The molecule has 0 fully saturated rings. The van der Waals surface area contributed by atoms with E-state index in [1.807, 2.05) is 0 Å². The van der Waals surface area contributed by atoms with Crippen molar-refractivity contribution < 1.29 is 30.0 Å². The second-order valence-corrected chi connectivity index (χ2v) is 7.50. The van der Waals surface area contributed by atoms with Gasteiger partial charge in [0.1, 0.15) is 5.60 Å². The van der Waals surface area contributed by atoms with E-state index in [2.05, 4.69) is 4.18 Å². The van der Waals surface area contributed by atoms with Crippen molar-refractivity contribution in [3.8, 4) is 0 Å². The van der Waals surface area contributed by atoms with Gasteiger partial charge in [-0.05, 0) is 6.08 Å². The molecule has 0 bridgehead atoms. The smallest absolute Gasteiger partial charge is 0.325 e. The second kappa shape index (κ2) is 5.64. The van der Waals surface area contributed by atoms with Crippen LogP contribution in [0.25, 0.3) is 0 Å². The Bertz CT molecular complexity index is 647. The fourth-order valence-corrected chi connectivity index (χ4v) is 2.86. The summed E-state index contributed by atoms with van der Waals surface area (Å²) in [5, 5.41) is 0. The number of nitrogens with two attached hydrogens (primary N) is 1. The van der Waals surface area contributed by atoms with Crippen LogP contribution in [0.1, 0.15) is 6.42 Å². The second-order valence-electron chi connectivity index (χ2n) is 4.35. The van der Waals surface area contributed by atoms with Gasteiger partial charge < -0.3 is 9.92 Å². The average Bonchev–Trinajstić information content (AvgIpc) is 2.16. The van der Waals surface area contributed by atoms with Crippen LogP contribution in [0.4, 0.5) is 0 Å². The van der Waals surface area contributed by atoms with E-state index in [0.717, 1.165) is 6.26 Å². The zero-order valence-electron chi connectivity index (χ0n) is 10.8. The summed E-state index contributed by atoms with van der Waals surface area (Å²) in [5.41, 5.74) is 4.04. The molecule has 1 aliphatic rings. The largest absolute Gasteiger partial charge is 0.346 e. The molecule has 0 amide bonds. The molecule has 0 aromatic carbocycles. The Morgan fingerprint density at radius 3 is 2.25 bits per heavy atom. The van der Waals surface area contributed by atoms with Crippen molar-refractivity contribution in [3.05, 3.63) is 24.3 Å². The van der Waals surface area contributed by atoms with Gasteiger partial charge in [0.2, 0.25) is 0 Å². The Balaban J connectivity index is 3.04. The molecule has 2 unspecified atom stereocenters. The average molecular weight is 325 g/mol. The molecule has 0 aromatic rings. The lowest BCUT2D eigenvalue weighted by Gasteiger charge is -2.33. The van der Waals surface area contributed by atoms with E-state index in [-0.39, 0.29) is 0 Å². The van der Waals surface area contributed by atoms with Gasteiger partial charge in [-0.3, -0.25) is 8.98 Å². The number of carbonyl (C=O) groups excluding carboxylic acids is 1. The first-order valence-corrected chi connectivity index (χ1v) is 9.01. The van der Waals surface area contributed by atoms with Crippen molar-refractivity contribution in [2.45, 2.75) is 18.1 Å². The normalized spacial score (nSPS) is 26.4. The molecular formula is C10H15NO7S2. The number of allylic oxidation sites excluding steroid dienone is 2. The first kappa shape index (κ1) is 16.8. The van der Waals surface area contributed by atoms with Gasteiger partial charge in [0.15, 0.2) is 0 Å². The Labute approximate surface area is 117 Å². The van der Waals surface area contributed by atoms with Crippen molar-refractivity contribution in [1.82, 2.24) is 0 Å². The molecule has 0 heterocycles. The molecule has 0 aromatic heterocycles. The van der Waals surface area contributed by atoms with Crippen molar-refractivity contribution in [2.75, 3.05) is 12.5 Å². The van der Waals surface area contributed by atoms with Gasteiger partial charge in [-0.25, -0.2) is 0 Å². The van der Waals surface area contributed by atoms with Gasteiger partial charge in [0.25, 0.3) is 10.1 Å². The monoisotopic (exact) mass is 325 g/mol. The molecule has 20 heavy (non-hydrogen) atoms. The number of hydrogen-bond donors (Lipinski definition) is 1. The van der Waals surface area contributed by atoms with E-state index in [4.69, 9.17) is 9.92 Å². The molecule has 0 aliphatic heterocycles. The summed E-state index contributed by atoms with van der Waals surface area (Å²) in [6.45, 7) is 0. The number of rotatable bonds is 5. The van der Waals surface area contributed by atoms with E-state index in [1.165, 1.54) is 18.2 Å². The van der Waals surface area contributed by atoms with Gasteiger partial charge in [-0.1, -0.05) is 18.2 Å². The molecule has 1 rings (SSSR count). The van der Waals surface area contributed by atoms with Gasteiger partial charge in [-0.2, -0.15) is 16.8 Å². The molecular weight excluding hydrogens is 310 g/mol. The lowest BCUT2D eigenvalue weighted by molar-refractivity contribution is -0.137. The van der Waals surface area contributed by atoms with Crippen LogP contribution in [0.15, 0.2) is 24.3 Å². The topological polar surface area (TPSA) is 130 Å². The van der Waals surface area contributed by atoms with Crippen LogP contribution in [-0.4, -0.2) is 47.0 Å². The zero-order valence-corrected chi connectivity index (χ0v) is 12.5. The SMILES string of the molecule is CS(=O)(=O)OC(=O)CC1(OS(C)(=O)=O)C=CC=CC1N. The molecule has 8 nitrogen and oxygen atoms in total. The summed E-state index contributed by atoms with van der Waals surface area (Å²) in [6.07, 6.45) is 6.55. The predicted molar refractivity (Wildman–Crippen MR) is 70.5 cm³/mol. The quantitative estimate of drug-likeness (QED) is 0.640. The van der Waals surface area contributed by atoms with Gasteiger partial charge in [0, 0.05) is 0 Å². The molecule has 10 heteroatoms. The maximum atomic E-state index is 11.6. The van der Waals surface area contributed by atoms with Crippen LogP contribution >= 0.6 is 0 Å². The lowest BCUT2D eigenvalue weighted by atomic mass is 9.87. The Morgan fingerprint density at radius 1 is 1.20 bits per heavy atom. The third kappa shape index (κ3) is 5.04. The molecule has 1 aliphatic carbocycles. The molecule has 2 N–H and O–H groups in total. The van der Waals surface area contributed by atoms with Crippen molar-refractivity contribution in [2.24, 2.45) is 5.73 Å². The highest BCUT2D eigenvalue weighted by Crippen LogP contribution is 2.28. The van der Waals surface area contributed by atoms with Gasteiger partial charge in [0.05, 0.1) is 25.0 Å². The standard InChI is InChI=1S/C10H15NO7S2/c1-19(13,14)17-9(12)7-10(18-20(2,15)16)6-4-3-5-8(10)11/h3-6,8H,7,11H2,1-2H3. The van der Waals surface area contributed by atoms with Gasteiger partial charge >= 0.3 is 16.1 Å². The summed E-state index contributed by atoms with van der Waals surface area (Å²) in [4.78, 5) is 11.6. The number of hydrogen-bond acceptors (Lipinski definition) is 8. The third-order valence-electron chi connectivity index (χ3n) is 2.34. The maximum Gasteiger partial charge on any atom is 0.325 e. The summed E-state index contributed by atoms with van der Waals surface area (Å²) in [6, 6.07) is -0.950. The van der Waals surface area contributed by atoms with E-state index < -0.39 is 44.3 Å². The predicted octanol–water partition coefficient (Wildman–Crippen LogP) is -0.952. The minimum atomic E-state index is -4.00. The van der Waals surface area contributed by atoms with Gasteiger partial charge in [-0.15, -0.1) is 0 Å². The summed E-state index contributed by atoms with van der Waals surface area (Å²) in [5.74, 6) is -1.16. The van der Waals surface area contributed by atoms with E-state index in [0.29, 0.717) is 6.26 Å². The lowest BCUT2D eigenvalue weighted by Crippen LogP contribution is -2.51. The van der Waals surface area contributed by atoms with E-state index in [1.54, 1.807) is 6.08 Å². The molecule has 0 saturated carbocycles. The Morgan fingerprint density at radius 2 is 1.80 bits per heavy atom. The highest BCUT2D eigenvalue weighted by Gasteiger charge is 2.42. The first-order chi connectivity index (χ1) is 8.94. The first-order valence-electron chi connectivity index (χ1n) is 5.38. The molecule has 2 atom stereocenters. The van der Waals surface area contributed by atoms with Crippen LogP contribution in [0.3, 0.4) is 0 Å². The minimum absolute atomic E-state index is 0.658. The fourth-order valence-electron chi connectivity index (χ4n) is 1.67. The van der Waals surface area contributed by atoms with E-state index >= 15 is 0 Å². The molecule has 0 radical (unpaired) electrons. The Hall–Kier alpha value is -1.23. The molecule has 0 saturated heterocycles. The van der Waals surface area contributed by atoms with Crippen LogP contribution in [0, 0.1) is 0 Å². The molecule has 0 spiro atoms. The number of carbonyl (C=O) groups is 1. The van der Waals surface area contributed by atoms with E-state index in [9.17, 15) is 21.6 Å². The highest BCUT2D eigenvalue weighted by molar-refractivity contribution is 7.86. The van der Waals surface area contributed by atoms with Crippen LogP contribution in [0.5, 0.6) is 0 Å². The maximum absolute atomic E-state index is 11.6. The molecule has 114 valence electrons. The third-order valence-corrected chi connectivity index (χ3v) is 3.45. The van der Waals surface area contributed by atoms with Crippen molar-refractivity contribution in [3.63, 3.8) is 0 Å². The summed E-state index contributed by atoms with van der Waals surface area (Å²) < 4.78 is 53.5. The summed E-state index contributed by atoms with van der Waals surface area (Å²) >= 11 is 0. The zero-order chi connectivity index (χ0) is 15.6. The van der Waals surface area contributed by atoms with Crippen molar-refractivity contribution in [1.29, 1.82) is 0 Å². The minimum Gasteiger partial charge on any atom is -0.346 e. The van der Waals surface area contributed by atoms with Crippen LogP contribution in [-0.2, 0) is 33.4 Å². The van der Waals surface area contributed by atoms with Crippen LogP contribution < -0.4 is 5.73 Å². The highest BCUT2D eigenvalue weighted by atomic mass is 32.2.